The predicted octanol–water partition coefficient (Wildman–Crippen LogP) is 3.50. The standard InChI is InChI=1S/C19H25NO3/c1-12-5-6-13(2)16(14(12)3)17-15(21)11-19(18(17)22)7-9-20(23-4)10-8-19/h5-6,22H,7-11H2,1-4H3. The lowest BCUT2D eigenvalue weighted by Crippen LogP contribution is -2.39. The fourth-order valence-electron chi connectivity index (χ4n) is 3.98. The van der Waals surface area contributed by atoms with Crippen molar-refractivity contribution in [2.45, 2.75) is 40.0 Å². The summed E-state index contributed by atoms with van der Waals surface area (Å²) in [5.74, 6) is 0.375. The first-order chi connectivity index (χ1) is 10.9. The van der Waals surface area contributed by atoms with E-state index in [4.69, 9.17) is 4.84 Å². The number of hydrogen-bond donors (Lipinski definition) is 1. The maximum atomic E-state index is 12.8. The minimum atomic E-state index is -0.399. The lowest BCUT2D eigenvalue weighted by atomic mass is 9.77. The number of rotatable bonds is 2. The van der Waals surface area contributed by atoms with Crippen LogP contribution < -0.4 is 0 Å². The number of hydrogen-bond acceptors (Lipinski definition) is 4. The molecule has 1 spiro atoms. The van der Waals surface area contributed by atoms with Gasteiger partial charge in [-0.15, -0.1) is 0 Å². The number of aliphatic hydroxyl groups excluding tert-OH is 1. The van der Waals surface area contributed by atoms with E-state index in [-0.39, 0.29) is 5.78 Å². The van der Waals surface area contributed by atoms with E-state index in [1.54, 1.807) is 7.11 Å². The van der Waals surface area contributed by atoms with E-state index in [2.05, 4.69) is 6.07 Å². The summed E-state index contributed by atoms with van der Waals surface area (Å²) in [4.78, 5) is 18.0. The zero-order chi connectivity index (χ0) is 16.8. The van der Waals surface area contributed by atoms with Crippen molar-refractivity contribution >= 4 is 11.4 Å². The molecule has 0 bridgehead atoms. The lowest BCUT2D eigenvalue weighted by Gasteiger charge is -2.37. The topological polar surface area (TPSA) is 49.8 Å². The average Bonchev–Trinajstić information content (AvgIpc) is 2.77. The van der Waals surface area contributed by atoms with E-state index in [0.29, 0.717) is 17.8 Å². The molecular weight excluding hydrogens is 290 g/mol. The van der Waals surface area contributed by atoms with E-state index in [9.17, 15) is 9.90 Å². The van der Waals surface area contributed by atoms with Crippen LogP contribution in [0.2, 0.25) is 0 Å². The van der Waals surface area contributed by atoms with Gasteiger partial charge in [-0.25, -0.2) is 0 Å². The molecule has 1 aromatic carbocycles. The smallest absolute Gasteiger partial charge is 0.167 e. The number of nitrogens with zero attached hydrogens (tertiary/aromatic N) is 1. The maximum absolute atomic E-state index is 12.8. The summed E-state index contributed by atoms with van der Waals surface area (Å²) in [6.07, 6.45) is 1.93. The Bertz CT molecular complexity index is 682. The van der Waals surface area contributed by atoms with Gasteiger partial charge in [-0.1, -0.05) is 12.1 Å². The summed E-state index contributed by atoms with van der Waals surface area (Å²) in [5.41, 5.74) is 4.37. The number of carbonyl (C=O) groups excluding carboxylic acids is 1. The van der Waals surface area contributed by atoms with Crippen LogP contribution in [-0.4, -0.2) is 36.2 Å². The molecule has 0 amide bonds. The average molecular weight is 315 g/mol. The fraction of sp³-hybridized carbons (Fsp3) is 0.526. The second-order valence-corrected chi connectivity index (χ2v) is 6.91. The molecule has 1 aromatic rings. The zero-order valence-electron chi connectivity index (χ0n) is 14.4. The Morgan fingerprint density at radius 2 is 1.74 bits per heavy atom. The van der Waals surface area contributed by atoms with Crippen LogP contribution in [0.3, 0.4) is 0 Å². The first kappa shape index (κ1) is 16.2. The first-order valence-corrected chi connectivity index (χ1v) is 8.23. The molecular formula is C19H25NO3. The van der Waals surface area contributed by atoms with Crippen LogP contribution in [0.15, 0.2) is 17.9 Å². The number of hydroxylamine groups is 2. The third-order valence-electron chi connectivity index (χ3n) is 5.65. The molecule has 2 aliphatic rings. The van der Waals surface area contributed by atoms with Gasteiger partial charge in [-0.3, -0.25) is 4.79 Å². The molecule has 4 nitrogen and oxygen atoms in total. The van der Waals surface area contributed by atoms with Gasteiger partial charge in [-0.2, -0.15) is 5.06 Å². The molecule has 0 unspecified atom stereocenters. The molecule has 0 radical (unpaired) electrons. The molecule has 0 saturated carbocycles. The van der Waals surface area contributed by atoms with Crippen molar-refractivity contribution in [3.63, 3.8) is 0 Å². The van der Waals surface area contributed by atoms with Crippen molar-refractivity contribution in [2.75, 3.05) is 20.2 Å². The van der Waals surface area contributed by atoms with Gasteiger partial charge in [0.1, 0.15) is 5.76 Å². The van der Waals surface area contributed by atoms with Gasteiger partial charge in [0.05, 0.1) is 12.7 Å². The minimum absolute atomic E-state index is 0.0742. The normalized spacial score (nSPS) is 21.5. The number of carbonyl (C=O) groups is 1. The monoisotopic (exact) mass is 315 g/mol. The number of aryl methyl sites for hydroxylation is 2. The first-order valence-electron chi connectivity index (χ1n) is 8.23. The Morgan fingerprint density at radius 1 is 1.13 bits per heavy atom. The lowest BCUT2D eigenvalue weighted by molar-refractivity contribution is -0.158. The van der Waals surface area contributed by atoms with Gasteiger partial charge in [0.25, 0.3) is 0 Å². The zero-order valence-corrected chi connectivity index (χ0v) is 14.4. The van der Waals surface area contributed by atoms with Crippen LogP contribution in [-0.2, 0) is 9.63 Å². The van der Waals surface area contributed by atoms with Gasteiger partial charge in [0, 0.05) is 24.9 Å². The summed E-state index contributed by atoms with van der Waals surface area (Å²) in [6, 6.07) is 4.10. The summed E-state index contributed by atoms with van der Waals surface area (Å²) in [6.45, 7) is 7.57. The highest BCUT2D eigenvalue weighted by Gasteiger charge is 2.48. The highest BCUT2D eigenvalue weighted by molar-refractivity contribution is 6.24. The third-order valence-corrected chi connectivity index (χ3v) is 5.65. The molecule has 0 atom stereocenters. The number of aliphatic hydroxyl groups is 1. The number of allylic oxidation sites excluding steroid dienone is 2. The Balaban J connectivity index is 2.06. The van der Waals surface area contributed by atoms with Crippen LogP contribution >= 0.6 is 0 Å². The second-order valence-electron chi connectivity index (χ2n) is 6.91. The van der Waals surface area contributed by atoms with E-state index >= 15 is 0 Å². The number of benzene rings is 1. The van der Waals surface area contributed by atoms with E-state index in [0.717, 1.165) is 48.2 Å². The minimum Gasteiger partial charge on any atom is -0.511 e. The quantitative estimate of drug-likeness (QED) is 0.907. The van der Waals surface area contributed by atoms with Crippen LogP contribution in [0.4, 0.5) is 0 Å². The molecule has 3 rings (SSSR count). The summed E-state index contributed by atoms with van der Waals surface area (Å²) >= 11 is 0. The SMILES string of the molecule is CON1CCC2(CC1)CC(=O)C(c1c(C)ccc(C)c1C)=C2O. The largest absolute Gasteiger partial charge is 0.511 e. The highest BCUT2D eigenvalue weighted by Crippen LogP contribution is 2.50. The van der Waals surface area contributed by atoms with Crippen LogP contribution in [0.1, 0.15) is 41.5 Å². The predicted molar refractivity (Wildman–Crippen MR) is 90.1 cm³/mol. The Kier molecular flexibility index (Phi) is 4.07. The molecule has 124 valence electrons. The van der Waals surface area contributed by atoms with Crippen molar-refractivity contribution in [2.24, 2.45) is 5.41 Å². The molecule has 1 fully saturated rings. The molecule has 1 aliphatic carbocycles. The molecule has 4 heteroatoms. The highest BCUT2D eigenvalue weighted by atomic mass is 16.7. The summed E-state index contributed by atoms with van der Waals surface area (Å²) in [5, 5.41) is 12.9. The number of ketones is 1. The van der Waals surface area contributed by atoms with Crippen molar-refractivity contribution in [1.29, 1.82) is 0 Å². The van der Waals surface area contributed by atoms with Crippen molar-refractivity contribution < 1.29 is 14.7 Å². The summed E-state index contributed by atoms with van der Waals surface area (Å²) in [7, 11) is 1.67. The van der Waals surface area contributed by atoms with Crippen LogP contribution in [0, 0.1) is 26.2 Å². The Hall–Kier alpha value is -1.65. The van der Waals surface area contributed by atoms with E-state index in [1.165, 1.54) is 0 Å². The van der Waals surface area contributed by atoms with Crippen LogP contribution in [0.5, 0.6) is 0 Å². The summed E-state index contributed by atoms with van der Waals surface area (Å²) < 4.78 is 0. The molecule has 1 aliphatic heterocycles. The fourth-order valence-corrected chi connectivity index (χ4v) is 3.98. The van der Waals surface area contributed by atoms with Gasteiger partial charge >= 0.3 is 0 Å². The van der Waals surface area contributed by atoms with Gasteiger partial charge in [0.2, 0.25) is 0 Å². The second kappa shape index (κ2) is 5.77. The Labute approximate surface area is 137 Å². The van der Waals surface area contributed by atoms with E-state index in [1.807, 2.05) is 31.9 Å². The molecule has 1 saturated heterocycles. The Morgan fingerprint density at radius 3 is 2.35 bits per heavy atom. The van der Waals surface area contributed by atoms with E-state index < -0.39 is 5.41 Å². The molecule has 1 N–H and O–H groups in total. The van der Waals surface area contributed by atoms with Gasteiger partial charge in [0.15, 0.2) is 5.78 Å². The van der Waals surface area contributed by atoms with Crippen LogP contribution in [0.25, 0.3) is 5.57 Å². The number of piperidine rings is 1. The van der Waals surface area contributed by atoms with Gasteiger partial charge < -0.3 is 9.94 Å². The molecule has 1 heterocycles. The number of Topliss-reactive ketones (excluding diaryl/α,β-unsaturated/α-hetero) is 1. The van der Waals surface area contributed by atoms with Crippen molar-refractivity contribution in [3.8, 4) is 0 Å². The van der Waals surface area contributed by atoms with Crippen molar-refractivity contribution in [1.82, 2.24) is 5.06 Å². The van der Waals surface area contributed by atoms with Gasteiger partial charge in [-0.05, 0) is 55.9 Å². The molecule has 23 heavy (non-hydrogen) atoms. The maximum Gasteiger partial charge on any atom is 0.167 e. The third kappa shape index (κ3) is 2.50. The molecule has 0 aromatic heterocycles. The van der Waals surface area contributed by atoms with Crippen molar-refractivity contribution in [3.05, 3.63) is 40.1 Å².